The summed E-state index contributed by atoms with van der Waals surface area (Å²) in [6.45, 7) is 12.4. The minimum absolute atomic E-state index is 0.0398. The lowest BCUT2D eigenvalue weighted by molar-refractivity contribution is -0.303. The normalized spacial score (nSPS) is 40.4. The highest BCUT2D eigenvalue weighted by Gasteiger charge is 2.59. The molecule has 1 aromatic rings. The summed E-state index contributed by atoms with van der Waals surface area (Å²) in [4.78, 5) is 0. The zero-order valence-corrected chi connectivity index (χ0v) is 21.3. The molecule has 1 N–H and O–H groups in total. The fraction of sp³-hybridized carbons (Fsp3) is 0.677. The number of hydrogen-bond acceptors (Lipinski definition) is 3. The average molecular weight is 463 g/mol. The van der Waals surface area contributed by atoms with Crippen LogP contribution in [-0.4, -0.2) is 30.2 Å². The molecule has 2 saturated carbocycles. The van der Waals surface area contributed by atoms with E-state index in [-0.39, 0.29) is 16.9 Å². The van der Waals surface area contributed by atoms with Gasteiger partial charge in [-0.05, 0) is 78.7 Å². The monoisotopic (exact) mass is 462 g/mol. The van der Waals surface area contributed by atoms with Crippen LogP contribution in [0.4, 0.5) is 0 Å². The van der Waals surface area contributed by atoms with E-state index in [1.54, 1.807) is 11.1 Å². The summed E-state index contributed by atoms with van der Waals surface area (Å²) in [5.74, 6) is 2.00. The van der Waals surface area contributed by atoms with Gasteiger partial charge < -0.3 is 14.6 Å². The molecule has 3 heteroatoms. The Hall–Kier alpha value is -1.42. The number of benzene rings is 1. The van der Waals surface area contributed by atoms with Crippen LogP contribution < -0.4 is 0 Å². The van der Waals surface area contributed by atoms with Gasteiger partial charge in [-0.2, -0.15) is 0 Å². The molecule has 6 rings (SSSR count). The number of aliphatic hydroxyl groups excluding tert-OH is 1. The first-order valence-electron chi connectivity index (χ1n) is 13.6. The second kappa shape index (κ2) is 8.05. The summed E-state index contributed by atoms with van der Waals surface area (Å²) in [5.41, 5.74) is 6.12. The second-order valence-electron chi connectivity index (χ2n) is 13.1. The van der Waals surface area contributed by atoms with Gasteiger partial charge in [0, 0.05) is 18.3 Å². The van der Waals surface area contributed by atoms with Crippen molar-refractivity contribution in [2.75, 3.05) is 13.2 Å². The van der Waals surface area contributed by atoms with Crippen LogP contribution in [0, 0.1) is 28.6 Å². The molecule has 0 aromatic heterocycles. The van der Waals surface area contributed by atoms with Crippen molar-refractivity contribution in [3.05, 3.63) is 53.1 Å². The number of rotatable bonds is 2. The predicted octanol–water partition coefficient (Wildman–Crippen LogP) is 6.87. The van der Waals surface area contributed by atoms with E-state index in [2.05, 4.69) is 51.6 Å². The van der Waals surface area contributed by atoms with Crippen molar-refractivity contribution in [2.45, 2.75) is 89.9 Å². The largest absolute Gasteiger partial charge is 0.393 e. The standard InChI is InChI=1S/C31H42O3/c1-5-20-6-8-21(9-7-20)25-17-30(4)26(12-13-27(30)32)24-11-10-22-16-31(15-14-23(22)28(24)25)33-18-29(2,3)19-34-31/h5-9,24-28,32H,1,10-19H2,2-4H3/t24-,25+,26-,27-,28+,30-/m0/s1. The van der Waals surface area contributed by atoms with E-state index in [9.17, 15) is 5.11 Å². The number of hydrogen-bond donors (Lipinski definition) is 1. The lowest BCUT2D eigenvalue weighted by atomic mass is 9.49. The van der Waals surface area contributed by atoms with Crippen LogP contribution in [0.1, 0.15) is 89.2 Å². The molecule has 0 radical (unpaired) electrons. The van der Waals surface area contributed by atoms with Crippen LogP contribution in [0.3, 0.4) is 0 Å². The molecular formula is C31H42O3. The van der Waals surface area contributed by atoms with Crippen LogP contribution in [0.2, 0.25) is 0 Å². The van der Waals surface area contributed by atoms with Crippen molar-refractivity contribution >= 4 is 6.08 Å². The molecule has 0 amide bonds. The molecular weight excluding hydrogens is 420 g/mol. The lowest BCUT2D eigenvalue weighted by Crippen LogP contribution is -2.52. The summed E-state index contributed by atoms with van der Waals surface area (Å²) in [5, 5.41) is 11.1. The Morgan fingerprint density at radius 3 is 2.44 bits per heavy atom. The van der Waals surface area contributed by atoms with Crippen LogP contribution in [0.25, 0.3) is 6.08 Å². The van der Waals surface area contributed by atoms with Crippen molar-refractivity contribution < 1.29 is 14.6 Å². The van der Waals surface area contributed by atoms with E-state index in [1.165, 1.54) is 30.4 Å². The van der Waals surface area contributed by atoms with Gasteiger partial charge in [-0.25, -0.2) is 0 Å². The summed E-state index contributed by atoms with van der Waals surface area (Å²) < 4.78 is 12.9. The van der Waals surface area contributed by atoms with Crippen molar-refractivity contribution in [1.82, 2.24) is 0 Å². The molecule has 1 saturated heterocycles. The zero-order valence-electron chi connectivity index (χ0n) is 21.3. The molecule has 34 heavy (non-hydrogen) atoms. The van der Waals surface area contributed by atoms with Gasteiger partial charge >= 0.3 is 0 Å². The minimum atomic E-state index is -0.394. The van der Waals surface area contributed by atoms with Crippen molar-refractivity contribution in [1.29, 1.82) is 0 Å². The molecule has 6 atom stereocenters. The molecule has 1 aliphatic heterocycles. The summed E-state index contributed by atoms with van der Waals surface area (Å²) in [7, 11) is 0. The van der Waals surface area contributed by atoms with E-state index in [0.717, 1.165) is 45.3 Å². The maximum absolute atomic E-state index is 11.1. The van der Waals surface area contributed by atoms with Crippen molar-refractivity contribution in [2.24, 2.45) is 28.6 Å². The second-order valence-corrected chi connectivity index (χ2v) is 13.1. The fourth-order valence-electron chi connectivity index (χ4n) is 8.48. The van der Waals surface area contributed by atoms with E-state index in [1.807, 2.05) is 6.08 Å². The molecule has 5 aliphatic rings. The molecule has 1 heterocycles. The SMILES string of the molecule is C=Cc1ccc([C@H]2C[C@]3(C)[C@@H](O)CC[C@H]3[C@@H]3CCC4=C(CCC5(C4)OCC(C)(C)CO5)[C@H]32)cc1. The highest BCUT2D eigenvalue weighted by molar-refractivity contribution is 5.48. The molecule has 3 nitrogen and oxygen atoms in total. The van der Waals surface area contributed by atoms with Gasteiger partial charge in [0.05, 0.1) is 19.3 Å². The molecule has 3 fully saturated rings. The highest BCUT2D eigenvalue weighted by atomic mass is 16.7. The third kappa shape index (κ3) is 3.57. The Balaban J connectivity index is 1.36. The van der Waals surface area contributed by atoms with Gasteiger partial charge in [-0.15, -0.1) is 0 Å². The zero-order chi connectivity index (χ0) is 23.7. The van der Waals surface area contributed by atoms with E-state index >= 15 is 0 Å². The Bertz CT molecular complexity index is 978. The Morgan fingerprint density at radius 1 is 1.00 bits per heavy atom. The summed E-state index contributed by atoms with van der Waals surface area (Å²) >= 11 is 0. The minimum Gasteiger partial charge on any atom is -0.393 e. The van der Waals surface area contributed by atoms with Gasteiger partial charge in [-0.1, -0.05) is 68.8 Å². The van der Waals surface area contributed by atoms with Crippen LogP contribution in [0.5, 0.6) is 0 Å². The first-order chi connectivity index (χ1) is 16.2. The van der Waals surface area contributed by atoms with Crippen LogP contribution >= 0.6 is 0 Å². The number of aliphatic hydroxyl groups is 1. The summed E-state index contributed by atoms with van der Waals surface area (Å²) in [6.07, 6.45) is 10.5. The lowest BCUT2D eigenvalue weighted by Gasteiger charge is -2.56. The van der Waals surface area contributed by atoms with Crippen molar-refractivity contribution in [3.63, 3.8) is 0 Å². The predicted molar refractivity (Wildman–Crippen MR) is 136 cm³/mol. The fourth-order valence-corrected chi connectivity index (χ4v) is 8.48. The third-order valence-electron chi connectivity index (χ3n) is 10.4. The quantitative estimate of drug-likeness (QED) is 0.487. The summed E-state index contributed by atoms with van der Waals surface area (Å²) in [6, 6.07) is 9.10. The highest BCUT2D eigenvalue weighted by Crippen LogP contribution is 2.65. The van der Waals surface area contributed by atoms with Crippen molar-refractivity contribution in [3.8, 4) is 0 Å². The van der Waals surface area contributed by atoms with Crippen LogP contribution in [-0.2, 0) is 9.47 Å². The number of ether oxygens (including phenoxy) is 2. The molecule has 1 spiro atoms. The van der Waals surface area contributed by atoms with Gasteiger partial charge in [-0.3, -0.25) is 0 Å². The molecule has 0 bridgehead atoms. The first kappa shape index (κ1) is 23.0. The molecule has 1 aromatic carbocycles. The number of fused-ring (bicyclic) bond motifs is 4. The third-order valence-corrected chi connectivity index (χ3v) is 10.4. The Morgan fingerprint density at radius 2 is 1.74 bits per heavy atom. The van der Waals surface area contributed by atoms with E-state index < -0.39 is 5.79 Å². The van der Waals surface area contributed by atoms with Gasteiger partial charge in [0.25, 0.3) is 0 Å². The van der Waals surface area contributed by atoms with Gasteiger partial charge in [0.15, 0.2) is 5.79 Å². The van der Waals surface area contributed by atoms with E-state index in [0.29, 0.717) is 23.7 Å². The Labute approximate surface area is 205 Å². The maximum Gasteiger partial charge on any atom is 0.172 e. The average Bonchev–Trinajstić information content (AvgIpc) is 3.14. The number of allylic oxidation sites excluding steroid dienone is 1. The smallest absolute Gasteiger partial charge is 0.172 e. The van der Waals surface area contributed by atoms with Gasteiger partial charge in [0.2, 0.25) is 0 Å². The molecule has 4 aliphatic carbocycles. The van der Waals surface area contributed by atoms with E-state index in [4.69, 9.17) is 9.47 Å². The molecule has 184 valence electrons. The topological polar surface area (TPSA) is 38.7 Å². The molecule has 0 unspecified atom stereocenters. The maximum atomic E-state index is 11.1. The van der Waals surface area contributed by atoms with Crippen LogP contribution in [0.15, 0.2) is 42.0 Å². The Kier molecular flexibility index (Phi) is 5.45. The first-order valence-corrected chi connectivity index (χ1v) is 13.6. The van der Waals surface area contributed by atoms with Gasteiger partial charge in [0.1, 0.15) is 0 Å².